The number of halogens is 1. The molecule has 154 valence electrons. The number of rotatable bonds is 6. The molecule has 1 aromatic carbocycles. The van der Waals surface area contributed by atoms with E-state index in [1.165, 1.54) is 39.5 Å². The minimum absolute atomic E-state index is 0. The molecule has 28 heavy (non-hydrogen) atoms. The van der Waals surface area contributed by atoms with Crippen LogP contribution in [0, 0.1) is 13.8 Å². The second-order valence-corrected chi connectivity index (χ2v) is 8.40. The van der Waals surface area contributed by atoms with E-state index >= 15 is 0 Å². The molecular weight excluding hydrogens is 481 g/mol. The number of nitrogens with zero attached hydrogens (tertiary/aromatic N) is 3. The molecule has 0 bridgehead atoms. The maximum atomic E-state index is 4.77. The fourth-order valence-corrected chi connectivity index (χ4v) is 4.32. The number of hydrogen-bond acceptors (Lipinski definition) is 4. The van der Waals surface area contributed by atoms with Crippen LogP contribution in [0.4, 0.5) is 5.69 Å². The Morgan fingerprint density at radius 3 is 2.82 bits per heavy atom. The molecular formula is C21H32IN5S. The van der Waals surface area contributed by atoms with Gasteiger partial charge in [0.25, 0.3) is 0 Å². The number of hydrogen-bond donors (Lipinski definition) is 2. The van der Waals surface area contributed by atoms with Crippen LogP contribution in [0.15, 0.2) is 23.2 Å². The topological polar surface area (TPSA) is 52.6 Å². The van der Waals surface area contributed by atoms with E-state index in [1.54, 1.807) is 11.3 Å². The third kappa shape index (κ3) is 6.07. The van der Waals surface area contributed by atoms with Gasteiger partial charge in [-0.25, -0.2) is 9.98 Å². The Kier molecular flexibility index (Phi) is 9.01. The molecule has 7 heteroatoms. The average Bonchev–Trinajstić information content (AvgIpc) is 2.97. The summed E-state index contributed by atoms with van der Waals surface area (Å²) >= 11 is 1.79. The maximum Gasteiger partial charge on any atom is 0.191 e. The number of fused-ring (bicyclic) bond motifs is 1. The molecule has 2 heterocycles. The molecule has 0 fully saturated rings. The van der Waals surface area contributed by atoms with Crippen molar-refractivity contribution in [2.75, 3.05) is 31.6 Å². The molecule has 0 spiro atoms. The molecule has 0 unspecified atom stereocenters. The zero-order chi connectivity index (χ0) is 19.2. The first-order chi connectivity index (χ1) is 13.1. The fourth-order valence-electron chi connectivity index (χ4n) is 3.38. The summed E-state index contributed by atoms with van der Waals surface area (Å²) in [6, 6.07) is 6.76. The number of nitrogens with one attached hydrogen (secondary N) is 2. The summed E-state index contributed by atoms with van der Waals surface area (Å²) < 4.78 is 0. The highest BCUT2D eigenvalue weighted by atomic mass is 127. The minimum atomic E-state index is 0. The van der Waals surface area contributed by atoms with E-state index in [2.05, 4.69) is 66.5 Å². The van der Waals surface area contributed by atoms with Gasteiger partial charge >= 0.3 is 0 Å². The van der Waals surface area contributed by atoms with Gasteiger partial charge in [-0.05, 0) is 50.8 Å². The van der Waals surface area contributed by atoms with Gasteiger partial charge in [-0.15, -0.1) is 35.3 Å². The molecule has 2 N–H and O–H groups in total. The Labute approximate surface area is 190 Å². The summed E-state index contributed by atoms with van der Waals surface area (Å²) in [5.74, 6) is 0.873. The van der Waals surface area contributed by atoms with Crippen molar-refractivity contribution >= 4 is 47.0 Å². The zero-order valence-corrected chi connectivity index (χ0v) is 20.5. The molecule has 1 aromatic heterocycles. The molecule has 0 atom stereocenters. The van der Waals surface area contributed by atoms with E-state index in [0.717, 1.165) is 37.7 Å². The third-order valence-electron chi connectivity index (χ3n) is 4.96. The van der Waals surface area contributed by atoms with Gasteiger partial charge in [0.15, 0.2) is 5.96 Å². The smallest absolute Gasteiger partial charge is 0.191 e. The van der Waals surface area contributed by atoms with Crippen LogP contribution in [0.5, 0.6) is 0 Å². The van der Waals surface area contributed by atoms with E-state index < -0.39 is 0 Å². The monoisotopic (exact) mass is 513 g/mol. The molecule has 0 aliphatic carbocycles. The Morgan fingerprint density at radius 1 is 1.29 bits per heavy atom. The van der Waals surface area contributed by atoms with E-state index in [0.29, 0.717) is 6.54 Å². The Morgan fingerprint density at radius 2 is 2.11 bits per heavy atom. The number of aromatic nitrogens is 1. The van der Waals surface area contributed by atoms with Crippen LogP contribution >= 0.6 is 35.3 Å². The summed E-state index contributed by atoms with van der Waals surface area (Å²) in [6.07, 6.45) is 3.33. The third-order valence-corrected chi connectivity index (χ3v) is 6.10. The van der Waals surface area contributed by atoms with Crippen molar-refractivity contribution in [3.63, 3.8) is 0 Å². The largest absolute Gasteiger partial charge is 0.374 e. The first-order valence-electron chi connectivity index (χ1n) is 9.85. The van der Waals surface area contributed by atoms with Gasteiger partial charge < -0.3 is 15.5 Å². The quantitative estimate of drug-likeness (QED) is 0.348. The van der Waals surface area contributed by atoms with Gasteiger partial charge in [0.1, 0.15) is 0 Å². The lowest BCUT2D eigenvalue weighted by Crippen LogP contribution is -2.38. The van der Waals surface area contributed by atoms with Gasteiger partial charge in [-0.3, -0.25) is 0 Å². The van der Waals surface area contributed by atoms with Crippen LogP contribution in [0.1, 0.15) is 40.1 Å². The van der Waals surface area contributed by atoms with E-state index in [1.807, 2.05) is 0 Å². The second kappa shape index (κ2) is 11.0. The standard InChI is InChI=1S/C21H31N5S.HI/c1-5-22-21(23-11-10-20-25-15(2)16(3)27-20)24-14-17-8-9-19-18(13-17)7-6-12-26(19)4;/h8-9,13H,5-7,10-12,14H2,1-4H3,(H2,22,23,24);1H. The number of aryl methyl sites for hydroxylation is 3. The second-order valence-electron chi connectivity index (χ2n) is 7.11. The fraction of sp³-hybridized carbons (Fsp3) is 0.524. The van der Waals surface area contributed by atoms with Crippen LogP contribution in [0.3, 0.4) is 0 Å². The highest BCUT2D eigenvalue weighted by Gasteiger charge is 2.13. The summed E-state index contributed by atoms with van der Waals surface area (Å²) in [7, 11) is 2.18. The molecule has 2 aromatic rings. The SMILES string of the molecule is CCNC(=NCc1ccc2c(c1)CCCN2C)NCCc1nc(C)c(C)s1.I. The molecule has 0 saturated carbocycles. The van der Waals surface area contributed by atoms with E-state index in [-0.39, 0.29) is 24.0 Å². The molecule has 0 saturated heterocycles. The van der Waals surface area contributed by atoms with Crippen molar-refractivity contribution in [1.29, 1.82) is 0 Å². The highest BCUT2D eigenvalue weighted by molar-refractivity contribution is 14.0. The van der Waals surface area contributed by atoms with Crippen molar-refractivity contribution in [1.82, 2.24) is 15.6 Å². The molecule has 0 radical (unpaired) electrons. The number of benzene rings is 1. The predicted octanol–water partition coefficient (Wildman–Crippen LogP) is 4.06. The van der Waals surface area contributed by atoms with E-state index in [9.17, 15) is 0 Å². The average molecular weight is 513 g/mol. The van der Waals surface area contributed by atoms with Gasteiger partial charge in [0.05, 0.1) is 17.2 Å². The van der Waals surface area contributed by atoms with Crippen molar-refractivity contribution in [2.24, 2.45) is 4.99 Å². The predicted molar refractivity (Wildman–Crippen MR) is 132 cm³/mol. The Hall–Kier alpha value is -1.35. The summed E-state index contributed by atoms with van der Waals surface area (Å²) in [4.78, 5) is 13.0. The Balaban J connectivity index is 0.00000280. The van der Waals surface area contributed by atoms with Crippen molar-refractivity contribution in [2.45, 2.75) is 46.6 Å². The summed E-state index contributed by atoms with van der Waals surface area (Å²) in [5.41, 5.74) is 5.23. The van der Waals surface area contributed by atoms with Crippen LogP contribution < -0.4 is 15.5 Å². The number of guanidine groups is 1. The molecule has 0 amide bonds. The first-order valence-corrected chi connectivity index (χ1v) is 10.7. The number of aliphatic imine (C=N–C) groups is 1. The van der Waals surface area contributed by atoms with Gasteiger partial charge in [-0.1, -0.05) is 12.1 Å². The zero-order valence-electron chi connectivity index (χ0n) is 17.3. The highest BCUT2D eigenvalue weighted by Crippen LogP contribution is 2.27. The lowest BCUT2D eigenvalue weighted by atomic mass is 10.00. The number of anilines is 1. The van der Waals surface area contributed by atoms with Crippen molar-refractivity contribution in [3.05, 3.63) is 44.9 Å². The van der Waals surface area contributed by atoms with Crippen LogP contribution in [-0.4, -0.2) is 37.6 Å². The number of thiazole rings is 1. The molecule has 3 rings (SSSR count). The normalized spacial score (nSPS) is 13.7. The van der Waals surface area contributed by atoms with Gasteiger partial charge in [-0.2, -0.15) is 0 Å². The molecule has 5 nitrogen and oxygen atoms in total. The first kappa shape index (κ1) is 22.9. The lowest BCUT2D eigenvalue weighted by Gasteiger charge is -2.27. The lowest BCUT2D eigenvalue weighted by molar-refractivity contribution is 0.742. The van der Waals surface area contributed by atoms with Crippen LogP contribution in [0.25, 0.3) is 0 Å². The summed E-state index contributed by atoms with van der Waals surface area (Å²) in [5, 5.41) is 7.96. The van der Waals surface area contributed by atoms with Gasteiger partial charge in [0, 0.05) is 43.7 Å². The van der Waals surface area contributed by atoms with Gasteiger partial charge in [0.2, 0.25) is 0 Å². The van der Waals surface area contributed by atoms with Crippen LogP contribution in [0.2, 0.25) is 0 Å². The van der Waals surface area contributed by atoms with Crippen molar-refractivity contribution < 1.29 is 0 Å². The Bertz CT molecular complexity index is 783. The minimum Gasteiger partial charge on any atom is -0.374 e. The molecule has 1 aliphatic rings. The van der Waals surface area contributed by atoms with Crippen LogP contribution in [-0.2, 0) is 19.4 Å². The van der Waals surface area contributed by atoms with E-state index in [4.69, 9.17) is 4.99 Å². The maximum absolute atomic E-state index is 4.77. The summed E-state index contributed by atoms with van der Waals surface area (Å²) in [6.45, 7) is 9.85. The van der Waals surface area contributed by atoms with Crippen molar-refractivity contribution in [3.8, 4) is 0 Å². The molecule has 1 aliphatic heterocycles.